The Labute approximate surface area is 114 Å². The van der Waals surface area contributed by atoms with Crippen LogP contribution in [-0.2, 0) is 0 Å². The molecule has 1 aromatic heterocycles. The summed E-state index contributed by atoms with van der Waals surface area (Å²) in [4.78, 5) is 15.1. The molecule has 1 aromatic rings. The molecule has 1 heterocycles. The third-order valence-electron chi connectivity index (χ3n) is 3.15. The molecule has 0 atom stereocenters. The van der Waals surface area contributed by atoms with Crippen molar-refractivity contribution in [1.29, 1.82) is 0 Å². The summed E-state index contributed by atoms with van der Waals surface area (Å²) in [6.07, 6.45) is 3.50. The topological polar surface area (TPSA) is 29.5 Å². The fraction of sp³-hybridized carbons (Fsp3) is 0.583. The van der Waals surface area contributed by atoms with Crippen LogP contribution in [0.15, 0.2) is 11.4 Å². The van der Waals surface area contributed by atoms with Crippen LogP contribution in [-0.4, -0.2) is 35.8 Å². The number of halogens is 1. The molecule has 0 aliphatic heterocycles. The molecule has 2 rings (SSSR count). The number of alkyl halides is 1. The molecule has 1 fully saturated rings. The molecule has 0 radical (unpaired) electrons. The van der Waals surface area contributed by atoms with Gasteiger partial charge in [0.05, 0.1) is 7.11 Å². The Morgan fingerprint density at radius 1 is 1.65 bits per heavy atom. The second-order valence-corrected chi connectivity index (χ2v) is 5.80. The van der Waals surface area contributed by atoms with Crippen LogP contribution in [0.2, 0.25) is 0 Å². The van der Waals surface area contributed by atoms with Crippen LogP contribution in [0.5, 0.6) is 5.75 Å². The molecule has 1 amide bonds. The summed E-state index contributed by atoms with van der Waals surface area (Å²) in [6, 6.07) is 2.28. The third kappa shape index (κ3) is 2.65. The third-order valence-corrected chi connectivity index (χ3v) is 4.38. The maximum Gasteiger partial charge on any atom is 0.268 e. The van der Waals surface area contributed by atoms with Crippen LogP contribution in [0.25, 0.3) is 0 Å². The van der Waals surface area contributed by atoms with Crippen LogP contribution in [0.3, 0.4) is 0 Å². The van der Waals surface area contributed by atoms with E-state index in [1.54, 1.807) is 7.11 Å². The second kappa shape index (κ2) is 5.87. The first-order chi connectivity index (χ1) is 8.27. The quantitative estimate of drug-likeness (QED) is 0.781. The summed E-state index contributed by atoms with van der Waals surface area (Å²) < 4.78 is 5.22. The summed E-state index contributed by atoms with van der Waals surface area (Å²) in [7, 11) is 1.61. The van der Waals surface area contributed by atoms with Crippen molar-refractivity contribution in [3.05, 3.63) is 16.3 Å². The number of rotatable bonds is 5. The van der Waals surface area contributed by atoms with Gasteiger partial charge in [0.1, 0.15) is 10.6 Å². The van der Waals surface area contributed by atoms with E-state index in [1.807, 2.05) is 16.3 Å². The van der Waals surface area contributed by atoms with Gasteiger partial charge in [-0.3, -0.25) is 4.79 Å². The maximum absolute atomic E-state index is 12.4. The molecule has 0 bridgehead atoms. The second-order valence-electron chi connectivity index (χ2n) is 4.09. The highest BCUT2D eigenvalue weighted by Gasteiger charge is 2.30. The molecule has 0 N–H and O–H groups in total. The zero-order valence-electron chi connectivity index (χ0n) is 9.82. The van der Waals surface area contributed by atoms with E-state index < -0.39 is 0 Å². The molecule has 0 saturated heterocycles. The first kappa shape index (κ1) is 12.9. The van der Waals surface area contributed by atoms with Gasteiger partial charge in [-0.2, -0.15) is 0 Å². The molecule has 1 saturated carbocycles. The zero-order valence-corrected chi connectivity index (χ0v) is 12.2. The van der Waals surface area contributed by atoms with Gasteiger partial charge in [0.2, 0.25) is 0 Å². The molecule has 0 spiro atoms. The fourth-order valence-electron chi connectivity index (χ4n) is 1.98. The Balaban J connectivity index is 2.15. The Morgan fingerprint density at radius 2 is 2.41 bits per heavy atom. The molecule has 1 aliphatic carbocycles. The maximum atomic E-state index is 12.4. The van der Waals surface area contributed by atoms with E-state index in [0.717, 1.165) is 29.6 Å². The van der Waals surface area contributed by atoms with E-state index >= 15 is 0 Å². The monoisotopic (exact) mass is 317 g/mol. The minimum Gasteiger partial charge on any atom is -0.495 e. The number of ether oxygens (including phenoxy) is 1. The largest absolute Gasteiger partial charge is 0.495 e. The Morgan fingerprint density at radius 3 is 2.94 bits per heavy atom. The van der Waals surface area contributed by atoms with E-state index in [1.165, 1.54) is 17.8 Å². The SMILES string of the molecule is COc1ccsc1C(=O)N(CCBr)C1CCC1. The highest BCUT2D eigenvalue weighted by molar-refractivity contribution is 9.09. The number of carbonyl (C=O) groups is 1. The van der Waals surface area contributed by atoms with Crippen molar-refractivity contribution >= 4 is 33.2 Å². The number of hydrogen-bond donors (Lipinski definition) is 0. The van der Waals surface area contributed by atoms with Crippen LogP contribution in [0, 0.1) is 0 Å². The summed E-state index contributed by atoms with van der Waals surface area (Å²) >= 11 is 4.87. The van der Waals surface area contributed by atoms with Crippen molar-refractivity contribution in [3.63, 3.8) is 0 Å². The van der Waals surface area contributed by atoms with E-state index in [9.17, 15) is 4.79 Å². The lowest BCUT2D eigenvalue weighted by atomic mass is 9.91. The number of methoxy groups -OCH3 is 1. The number of carbonyl (C=O) groups excluding carboxylic acids is 1. The summed E-state index contributed by atoms with van der Waals surface area (Å²) in [5.74, 6) is 0.805. The van der Waals surface area contributed by atoms with Crippen molar-refractivity contribution in [2.75, 3.05) is 19.0 Å². The molecule has 1 aliphatic rings. The van der Waals surface area contributed by atoms with Crippen molar-refractivity contribution in [2.45, 2.75) is 25.3 Å². The lowest BCUT2D eigenvalue weighted by molar-refractivity contribution is 0.0601. The van der Waals surface area contributed by atoms with Gasteiger partial charge < -0.3 is 9.64 Å². The highest BCUT2D eigenvalue weighted by atomic mass is 79.9. The van der Waals surface area contributed by atoms with E-state index in [-0.39, 0.29) is 5.91 Å². The minimum atomic E-state index is 0.112. The van der Waals surface area contributed by atoms with Crippen molar-refractivity contribution < 1.29 is 9.53 Å². The lowest BCUT2D eigenvalue weighted by Gasteiger charge is -2.37. The van der Waals surface area contributed by atoms with Gasteiger partial charge in [-0.05, 0) is 30.7 Å². The van der Waals surface area contributed by atoms with Gasteiger partial charge in [0.25, 0.3) is 5.91 Å². The van der Waals surface area contributed by atoms with E-state index in [2.05, 4.69) is 15.9 Å². The van der Waals surface area contributed by atoms with Crippen LogP contribution in [0.4, 0.5) is 0 Å². The fourth-order valence-corrected chi connectivity index (χ4v) is 3.18. The standard InChI is InChI=1S/C12H16BrNO2S/c1-16-10-5-8-17-11(10)12(15)14(7-6-13)9-3-2-4-9/h5,8-9H,2-4,6-7H2,1H3. The van der Waals surface area contributed by atoms with Gasteiger partial charge in [0, 0.05) is 17.9 Å². The Bertz CT molecular complexity index is 390. The van der Waals surface area contributed by atoms with Gasteiger partial charge in [-0.1, -0.05) is 15.9 Å². The molecular weight excluding hydrogens is 302 g/mol. The van der Waals surface area contributed by atoms with E-state index in [4.69, 9.17) is 4.74 Å². The molecule has 0 aromatic carbocycles. The summed E-state index contributed by atoms with van der Waals surface area (Å²) in [5, 5.41) is 2.72. The molecule has 94 valence electrons. The molecule has 5 heteroatoms. The van der Waals surface area contributed by atoms with Crippen LogP contribution >= 0.6 is 27.3 Å². The zero-order chi connectivity index (χ0) is 12.3. The van der Waals surface area contributed by atoms with Crippen LogP contribution < -0.4 is 4.74 Å². The van der Waals surface area contributed by atoms with Gasteiger partial charge in [-0.25, -0.2) is 0 Å². The lowest BCUT2D eigenvalue weighted by Crippen LogP contribution is -2.45. The number of thiophene rings is 1. The highest BCUT2D eigenvalue weighted by Crippen LogP contribution is 2.31. The van der Waals surface area contributed by atoms with E-state index in [0.29, 0.717) is 11.8 Å². The summed E-state index contributed by atoms with van der Waals surface area (Å²) in [6.45, 7) is 0.768. The molecular formula is C12H16BrNO2S. The predicted molar refractivity (Wildman–Crippen MR) is 73.3 cm³/mol. The molecule has 0 unspecified atom stereocenters. The summed E-state index contributed by atoms with van der Waals surface area (Å²) in [5.41, 5.74) is 0. The molecule has 17 heavy (non-hydrogen) atoms. The van der Waals surface area contributed by atoms with Crippen molar-refractivity contribution in [2.24, 2.45) is 0 Å². The Kier molecular flexibility index (Phi) is 4.45. The average Bonchev–Trinajstić information content (AvgIpc) is 2.73. The smallest absolute Gasteiger partial charge is 0.268 e. The number of hydrogen-bond acceptors (Lipinski definition) is 3. The molecule has 3 nitrogen and oxygen atoms in total. The van der Waals surface area contributed by atoms with Gasteiger partial charge in [0.15, 0.2) is 0 Å². The number of amides is 1. The Hall–Kier alpha value is -0.550. The van der Waals surface area contributed by atoms with Crippen LogP contribution in [0.1, 0.15) is 28.9 Å². The number of nitrogens with zero attached hydrogens (tertiary/aromatic N) is 1. The predicted octanol–water partition coefficient (Wildman–Crippen LogP) is 3.15. The van der Waals surface area contributed by atoms with Gasteiger partial charge >= 0.3 is 0 Å². The van der Waals surface area contributed by atoms with Crippen molar-refractivity contribution in [1.82, 2.24) is 4.90 Å². The van der Waals surface area contributed by atoms with Crippen molar-refractivity contribution in [3.8, 4) is 5.75 Å². The normalized spacial score (nSPS) is 15.4. The first-order valence-corrected chi connectivity index (χ1v) is 7.76. The van der Waals surface area contributed by atoms with Gasteiger partial charge in [-0.15, -0.1) is 11.3 Å². The average molecular weight is 318 g/mol. The first-order valence-electron chi connectivity index (χ1n) is 5.76. The minimum absolute atomic E-state index is 0.112.